The van der Waals surface area contributed by atoms with Gasteiger partial charge in [0, 0.05) is 37.8 Å². The summed E-state index contributed by atoms with van der Waals surface area (Å²) in [7, 11) is 0. The lowest BCUT2D eigenvalue weighted by molar-refractivity contribution is -0.0372. The Hall–Kier alpha value is -1.10. The average Bonchev–Trinajstić information content (AvgIpc) is 2.41. The first-order valence-electron chi connectivity index (χ1n) is 7.00. The average molecular weight is 264 g/mol. The number of ether oxygens (including phenoxy) is 1. The van der Waals surface area contributed by atoms with E-state index in [2.05, 4.69) is 24.1 Å². The van der Waals surface area contributed by atoms with E-state index >= 15 is 0 Å². The van der Waals surface area contributed by atoms with Crippen molar-refractivity contribution < 1.29 is 9.84 Å². The number of phenolic OH excluding ortho intramolecular Hbond substituents is 1. The number of phenols is 1. The summed E-state index contributed by atoms with van der Waals surface area (Å²) in [5.41, 5.74) is 0.930. The quantitative estimate of drug-likeness (QED) is 0.848. The molecule has 19 heavy (non-hydrogen) atoms. The summed E-state index contributed by atoms with van der Waals surface area (Å²) >= 11 is 0. The SMILES string of the molecule is CC(C)N1CCOC(CNCc2ccccc2O)C1. The van der Waals surface area contributed by atoms with Gasteiger partial charge in [0.05, 0.1) is 12.7 Å². The van der Waals surface area contributed by atoms with Crippen LogP contribution in [-0.2, 0) is 11.3 Å². The third-order valence-corrected chi connectivity index (χ3v) is 3.58. The fourth-order valence-corrected chi connectivity index (χ4v) is 2.36. The molecule has 1 aromatic rings. The summed E-state index contributed by atoms with van der Waals surface area (Å²) in [4.78, 5) is 2.44. The van der Waals surface area contributed by atoms with Gasteiger partial charge in [-0.25, -0.2) is 0 Å². The van der Waals surface area contributed by atoms with Crippen molar-refractivity contribution in [1.29, 1.82) is 0 Å². The number of hydrogen-bond donors (Lipinski definition) is 2. The molecule has 2 N–H and O–H groups in total. The van der Waals surface area contributed by atoms with Gasteiger partial charge in [-0.05, 0) is 19.9 Å². The third kappa shape index (κ3) is 4.20. The zero-order chi connectivity index (χ0) is 13.7. The first-order valence-corrected chi connectivity index (χ1v) is 7.00. The molecule has 1 fully saturated rings. The Morgan fingerprint density at radius 1 is 1.42 bits per heavy atom. The molecule has 4 heteroatoms. The Labute approximate surface area is 115 Å². The highest BCUT2D eigenvalue weighted by atomic mass is 16.5. The maximum absolute atomic E-state index is 9.68. The van der Waals surface area contributed by atoms with Crippen molar-refractivity contribution in [2.24, 2.45) is 0 Å². The third-order valence-electron chi connectivity index (χ3n) is 3.58. The largest absolute Gasteiger partial charge is 0.508 e. The van der Waals surface area contributed by atoms with E-state index in [0.29, 0.717) is 18.3 Å². The zero-order valence-electron chi connectivity index (χ0n) is 11.8. The smallest absolute Gasteiger partial charge is 0.120 e. The fraction of sp³-hybridized carbons (Fsp3) is 0.600. The molecule has 0 aromatic heterocycles. The molecular formula is C15H24N2O2. The monoisotopic (exact) mass is 264 g/mol. The van der Waals surface area contributed by atoms with E-state index in [0.717, 1.165) is 31.8 Å². The number of morpholine rings is 1. The van der Waals surface area contributed by atoms with Gasteiger partial charge in [0.2, 0.25) is 0 Å². The van der Waals surface area contributed by atoms with Gasteiger partial charge >= 0.3 is 0 Å². The molecule has 0 radical (unpaired) electrons. The van der Waals surface area contributed by atoms with Crippen molar-refractivity contribution in [3.8, 4) is 5.75 Å². The van der Waals surface area contributed by atoms with Crippen LogP contribution in [0.3, 0.4) is 0 Å². The molecule has 1 aliphatic rings. The maximum Gasteiger partial charge on any atom is 0.120 e. The van der Waals surface area contributed by atoms with Gasteiger partial charge in [0.1, 0.15) is 5.75 Å². The highest BCUT2D eigenvalue weighted by Gasteiger charge is 2.21. The van der Waals surface area contributed by atoms with E-state index < -0.39 is 0 Å². The second-order valence-corrected chi connectivity index (χ2v) is 5.34. The Balaban J connectivity index is 1.75. The van der Waals surface area contributed by atoms with Crippen molar-refractivity contribution >= 4 is 0 Å². The Morgan fingerprint density at radius 2 is 2.21 bits per heavy atom. The van der Waals surface area contributed by atoms with E-state index in [-0.39, 0.29) is 6.10 Å². The molecule has 1 unspecified atom stereocenters. The molecule has 4 nitrogen and oxygen atoms in total. The molecule has 1 saturated heterocycles. The Morgan fingerprint density at radius 3 is 2.95 bits per heavy atom. The second kappa shape index (κ2) is 6.89. The Bertz CT molecular complexity index is 395. The van der Waals surface area contributed by atoms with Gasteiger partial charge < -0.3 is 15.2 Å². The molecule has 1 aromatic carbocycles. The topological polar surface area (TPSA) is 44.7 Å². The van der Waals surface area contributed by atoms with Crippen LogP contribution in [-0.4, -0.2) is 48.4 Å². The number of nitrogens with one attached hydrogen (secondary N) is 1. The van der Waals surface area contributed by atoms with Gasteiger partial charge in [-0.1, -0.05) is 18.2 Å². The van der Waals surface area contributed by atoms with Crippen molar-refractivity contribution in [3.63, 3.8) is 0 Å². The summed E-state index contributed by atoms with van der Waals surface area (Å²) < 4.78 is 5.76. The summed E-state index contributed by atoms with van der Waals surface area (Å²) in [6.45, 7) is 8.74. The lowest BCUT2D eigenvalue weighted by Crippen LogP contribution is -2.48. The van der Waals surface area contributed by atoms with Gasteiger partial charge in [0.15, 0.2) is 0 Å². The predicted molar refractivity (Wildman–Crippen MR) is 76.3 cm³/mol. The molecule has 0 spiro atoms. The van der Waals surface area contributed by atoms with Gasteiger partial charge in [0.25, 0.3) is 0 Å². The zero-order valence-corrected chi connectivity index (χ0v) is 11.8. The number of para-hydroxylation sites is 1. The highest BCUT2D eigenvalue weighted by Crippen LogP contribution is 2.15. The number of nitrogens with zero attached hydrogens (tertiary/aromatic N) is 1. The van der Waals surface area contributed by atoms with Crippen LogP contribution < -0.4 is 5.32 Å². The molecule has 2 rings (SSSR count). The number of aromatic hydroxyl groups is 1. The first kappa shape index (κ1) is 14.3. The molecule has 1 aliphatic heterocycles. The van der Waals surface area contributed by atoms with Crippen LogP contribution in [0.4, 0.5) is 0 Å². The van der Waals surface area contributed by atoms with Gasteiger partial charge in [-0.2, -0.15) is 0 Å². The molecule has 1 atom stereocenters. The summed E-state index contributed by atoms with van der Waals surface area (Å²) in [5, 5.41) is 13.0. The molecular weight excluding hydrogens is 240 g/mol. The van der Waals surface area contributed by atoms with E-state index in [1.54, 1.807) is 6.07 Å². The minimum atomic E-state index is 0.238. The lowest BCUT2D eigenvalue weighted by atomic mass is 10.2. The first-order chi connectivity index (χ1) is 9.16. The molecule has 106 valence electrons. The fourth-order valence-electron chi connectivity index (χ4n) is 2.36. The molecule has 0 amide bonds. The minimum Gasteiger partial charge on any atom is -0.508 e. The standard InChI is InChI=1S/C15H24N2O2/c1-12(2)17-7-8-19-14(11-17)10-16-9-13-5-3-4-6-15(13)18/h3-6,12,14,16,18H,7-11H2,1-2H3. The second-order valence-electron chi connectivity index (χ2n) is 5.34. The van der Waals surface area contributed by atoms with Crippen LogP contribution in [0.2, 0.25) is 0 Å². The van der Waals surface area contributed by atoms with Crippen LogP contribution >= 0.6 is 0 Å². The van der Waals surface area contributed by atoms with Crippen molar-refractivity contribution in [2.75, 3.05) is 26.2 Å². The van der Waals surface area contributed by atoms with E-state index in [1.807, 2.05) is 18.2 Å². The van der Waals surface area contributed by atoms with Crippen LogP contribution in [0, 0.1) is 0 Å². The van der Waals surface area contributed by atoms with Gasteiger partial charge in [-0.15, -0.1) is 0 Å². The predicted octanol–water partition coefficient (Wildman–Crippen LogP) is 1.59. The number of rotatable bonds is 5. The number of benzene rings is 1. The Kier molecular flexibility index (Phi) is 5.19. The van der Waals surface area contributed by atoms with Crippen LogP contribution in [0.1, 0.15) is 19.4 Å². The molecule has 0 bridgehead atoms. The van der Waals surface area contributed by atoms with Crippen molar-refractivity contribution in [2.45, 2.75) is 32.5 Å². The normalized spacial score (nSPS) is 20.9. The summed E-state index contributed by atoms with van der Waals surface area (Å²) in [6.07, 6.45) is 0.238. The van der Waals surface area contributed by atoms with Crippen LogP contribution in [0.5, 0.6) is 5.75 Å². The summed E-state index contributed by atoms with van der Waals surface area (Å²) in [6, 6.07) is 8.00. The summed E-state index contributed by atoms with van der Waals surface area (Å²) in [5.74, 6) is 0.350. The minimum absolute atomic E-state index is 0.238. The molecule has 1 heterocycles. The molecule has 0 aliphatic carbocycles. The lowest BCUT2D eigenvalue weighted by Gasteiger charge is -2.35. The number of hydrogen-bond acceptors (Lipinski definition) is 4. The van der Waals surface area contributed by atoms with Crippen LogP contribution in [0.15, 0.2) is 24.3 Å². The van der Waals surface area contributed by atoms with E-state index in [1.165, 1.54) is 0 Å². The van der Waals surface area contributed by atoms with E-state index in [4.69, 9.17) is 4.74 Å². The highest BCUT2D eigenvalue weighted by molar-refractivity contribution is 5.31. The maximum atomic E-state index is 9.68. The molecule has 0 saturated carbocycles. The van der Waals surface area contributed by atoms with E-state index in [9.17, 15) is 5.11 Å². The van der Waals surface area contributed by atoms with Crippen molar-refractivity contribution in [1.82, 2.24) is 10.2 Å². The van der Waals surface area contributed by atoms with Gasteiger partial charge in [-0.3, -0.25) is 4.90 Å². The van der Waals surface area contributed by atoms with Crippen molar-refractivity contribution in [3.05, 3.63) is 29.8 Å². The van der Waals surface area contributed by atoms with Crippen LogP contribution in [0.25, 0.3) is 0 Å².